The van der Waals surface area contributed by atoms with E-state index < -0.39 is 5.92 Å². The van der Waals surface area contributed by atoms with Crippen molar-refractivity contribution in [3.63, 3.8) is 0 Å². The van der Waals surface area contributed by atoms with Crippen LogP contribution in [0.1, 0.15) is 74.9 Å². The predicted octanol–water partition coefficient (Wildman–Crippen LogP) is 6.53. The minimum atomic E-state index is -0.517. The van der Waals surface area contributed by atoms with Crippen LogP contribution >= 0.6 is 11.3 Å². The third kappa shape index (κ3) is 10.3. The van der Waals surface area contributed by atoms with E-state index in [1.807, 2.05) is 62.3 Å². The lowest BCUT2D eigenvalue weighted by Crippen LogP contribution is -2.41. The van der Waals surface area contributed by atoms with Crippen LogP contribution in [0.15, 0.2) is 60.7 Å². The lowest BCUT2D eigenvalue weighted by molar-refractivity contribution is -0.130. The number of hydrogen-bond donors (Lipinski definition) is 1. The molecule has 1 amide bonds. The number of carbonyl (C=O) groups is 3. The van der Waals surface area contributed by atoms with Crippen molar-refractivity contribution in [2.75, 3.05) is 20.6 Å². The molecule has 3 aromatic rings. The Morgan fingerprint density at radius 1 is 1.02 bits per heavy atom. The molecule has 0 radical (unpaired) electrons. The number of thiazole rings is 1. The first-order valence-corrected chi connectivity index (χ1v) is 15.5. The van der Waals surface area contributed by atoms with E-state index in [2.05, 4.69) is 37.9 Å². The summed E-state index contributed by atoms with van der Waals surface area (Å²) in [5, 5.41) is 4.08. The summed E-state index contributed by atoms with van der Waals surface area (Å²) in [6.07, 6.45) is 3.21. The van der Waals surface area contributed by atoms with Crippen molar-refractivity contribution in [2.24, 2.45) is 5.92 Å². The van der Waals surface area contributed by atoms with Crippen LogP contribution in [0.3, 0.4) is 0 Å². The van der Waals surface area contributed by atoms with E-state index in [9.17, 15) is 14.4 Å². The number of Topliss-reactive ketones (excluding diaryl/α,β-unsaturated/α-hetero) is 2. The number of benzene rings is 2. The Labute approximate surface area is 249 Å². The van der Waals surface area contributed by atoms with Gasteiger partial charge in [-0.05, 0) is 62.5 Å². The van der Waals surface area contributed by atoms with E-state index in [0.717, 1.165) is 27.2 Å². The molecule has 0 spiro atoms. The Bertz CT molecular complexity index is 1330. The summed E-state index contributed by atoms with van der Waals surface area (Å²) in [7, 11) is 3.82. The minimum absolute atomic E-state index is 0.0101. The summed E-state index contributed by atoms with van der Waals surface area (Å²) >= 11 is 1.60. The second-order valence-electron chi connectivity index (χ2n) is 11.6. The van der Waals surface area contributed by atoms with Crippen LogP contribution in [-0.2, 0) is 27.2 Å². The number of likely N-dealkylation sites (N-methyl/N-ethyl adjacent to an activating group) is 1. The molecule has 3 rings (SSSR count). The van der Waals surface area contributed by atoms with Crippen molar-refractivity contribution in [1.82, 2.24) is 15.2 Å². The quantitative estimate of drug-likeness (QED) is 0.185. The van der Waals surface area contributed by atoms with Gasteiger partial charge in [-0.1, -0.05) is 63.7 Å². The fourth-order valence-corrected chi connectivity index (χ4v) is 6.05. The molecule has 6 nitrogen and oxygen atoms in total. The molecule has 0 bridgehead atoms. The van der Waals surface area contributed by atoms with Crippen LogP contribution in [0.5, 0.6) is 0 Å². The third-order valence-corrected chi connectivity index (χ3v) is 8.25. The summed E-state index contributed by atoms with van der Waals surface area (Å²) in [6, 6.07) is 16.0. The van der Waals surface area contributed by atoms with Crippen molar-refractivity contribution in [2.45, 2.75) is 77.7 Å². The van der Waals surface area contributed by atoms with Gasteiger partial charge >= 0.3 is 0 Å². The van der Waals surface area contributed by atoms with Gasteiger partial charge in [-0.15, -0.1) is 11.3 Å². The van der Waals surface area contributed by atoms with Crippen LogP contribution in [-0.4, -0.2) is 54.0 Å². The van der Waals surface area contributed by atoms with Crippen LogP contribution < -0.4 is 5.32 Å². The molecule has 7 heteroatoms. The van der Waals surface area contributed by atoms with Gasteiger partial charge in [0, 0.05) is 43.8 Å². The van der Waals surface area contributed by atoms with Gasteiger partial charge in [-0.25, -0.2) is 4.98 Å². The molecule has 1 N–H and O–H groups in total. The van der Waals surface area contributed by atoms with Crippen LogP contribution in [0.25, 0.3) is 10.2 Å². The second-order valence-corrected chi connectivity index (χ2v) is 12.7. The van der Waals surface area contributed by atoms with Gasteiger partial charge < -0.3 is 10.2 Å². The first-order valence-electron chi connectivity index (χ1n) is 14.7. The maximum atomic E-state index is 13.8. The molecule has 220 valence electrons. The average molecular weight is 576 g/mol. The molecule has 0 saturated heterocycles. The Kier molecular flexibility index (Phi) is 12.4. The maximum Gasteiger partial charge on any atom is 0.224 e. The highest BCUT2D eigenvalue weighted by molar-refractivity contribution is 7.18. The van der Waals surface area contributed by atoms with Gasteiger partial charge in [0.2, 0.25) is 5.91 Å². The van der Waals surface area contributed by atoms with Gasteiger partial charge in [-0.2, -0.15) is 0 Å². The molecule has 0 aliphatic carbocycles. The number of rotatable bonds is 17. The monoisotopic (exact) mass is 575 g/mol. The lowest BCUT2D eigenvalue weighted by Gasteiger charge is -2.23. The van der Waals surface area contributed by atoms with Crippen molar-refractivity contribution in [1.29, 1.82) is 0 Å². The molecular weight excluding hydrogens is 530 g/mol. The molecule has 1 aromatic heterocycles. The number of ketones is 2. The maximum absolute atomic E-state index is 13.8. The van der Waals surface area contributed by atoms with E-state index in [4.69, 9.17) is 4.98 Å². The largest absolute Gasteiger partial charge is 0.353 e. The van der Waals surface area contributed by atoms with E-state index in [0.29, 0.717) is 50.1 Å². The fourth-order valence-electron chi connectivity index (χ4n) is 4.95. The summed E-state index contributed by atoms with van der Waals surface area (Å²) in [4.78, 5) is 46.0. The first kappa shape index (κ1) is 32.4. The molecule has 0 aliphatic heterocycles. The number of amides is 1. The Hall–Kier alpha value is -3.16. The van der Waals surface area contributed by atoms with Crippen LogP contribution in [0, 0.1) is 5.92 Å². The number of fused-ring (bicyclic) bond motifs is 1. The molecule has 2 aromatic carbocycles. The zero-order chi connectivity index (χ0) is 29.9. The normalized spacial score (nSPS) is 13.0. The number of nitrogens with zero attached hydrogens (tertiary/aromatic N) is 2. The van der Waals surface area contributed by atoms with Crippen molar-refractivity contribution in [3.8, 4) is 0 Å². The predicted molar refractivity (Wildman–Crippen MR) is 169 cm³/mol. The second kappa shape index (κ2) is 15.7. The Morgan fingerprint density at radius 2 is 1.76 bits per heavy atom. The summed E-state index contributed by atoms with van der Waals surface area (Å²) in [6.45, 7) is 10.8. The average Bonchev–Trinajstić information content (AvgIpc) is 3.33. The lowest BCUT2D eigenvalue weighted by atomic mass is 9.94. The van der Waals surface area contributed by atoms with Gasteiger partial charge in [0.15, 0.2) is 5.78 Å². The SMILES string of the molecule is C=C(CN(C)C)C(=O)CC[C@H](Cc1ccccc1)NC(=O)[C@@H](CC(=O)CCC)Cc1nc2ccc(C(C)C)cc2s1. The number of hydrogen-bond acceptors (Lipinski definition) is 6. The molecule has 1 heterocycles. The zero-order valence-corrected chi connectivity index (χ0v) is 26.1. The van der Waals surface area contributed by atoms with E-state index in [1.54, 1.807) is 11.3 Å². The molecule has 2 atom stereocenters. The Morgan fingerprint density at radius 3 is 2.41 bits per heavy atom. The highest BCUT2D eigenvalue weighted by atomic mass is 32.1. The van der Waals surface area contributed by atoms with E-state index in [-0.39, 0.29) is 29.9 Å². The van der Waals surface area contributed by atoms with Crippen molar-refractivity contribution >= 4 is 39.0 Å². The van der Waals surface area contributed by atoms with Crippen molar-refractivity contribution < 1.29 is 14.4 Å². The zero-order valence-electron chi connectivity index (χ0n) is 25.2. The highest BCUT2D eigenvalue weighted by Crippen LogP contribution is 2.28. The van der Waals surface area contributed by atoms with Crippen LogP contribution in [0.2, 0.25) is 0 Å². The molecule has 41 heavy (non-hydrogen) atoms. The summed E-state index contributed by atoms with van der Waals surface area (Å²) in [5.74, 6) is -0.154. The molecule has 0 saturated carbocycles. The fraction of sp³-hybridized carbons (Fsp3) is 0.471. The minimum Gasteiger partial charge on any atom is -0.353 e. The first-order chi connectivity index (χ1) is 19.5. The number of aromatic nitrogens is 1. The molecule has 0 aliphatic rings. The van der Waals surface area contributed by atoms with Gasteiger partial charge in [-0.3, -0.25) is 14.4 Å². The van der Waals surface area contributed by atoms with Crippen molar-refractivity contribution in [3.05, 3.63) is 76.8 Å². The molecule has 0 unspecified atom stereocenters. The smallest absolute Gasteiger partial charge is 0.224 e. The summed E-state index contributed by atoms with van der Waals surface area (Å²) < 4.78 is 1.10. The third-order valence-electron chi connectivity index (χ3n) is 7.21. The number of nitrogens with one attached hydrogen (secondary N) is 1. The molecular formula is C34H45N3O3S. The standard InChI is InChI=1S/C34H45N3O3S/c1-7-11-29(38)19-27(21-33-36-30-16-14-26(23(2)3)20-32(30)41-33)34(40)35-28(18-25-12-9-8-10-13-25)15-17-31(39)24(4)22-37(5)6/h8-10,12-14,16,20,23,27-28H,4,7,11,15,17-19,21-22H2,1-3,5-6H3,(H,35,40)/t27-,28+/m0/s1. The molecule has 0 fully saturated rings. The number of carbonyl (C=O) groups excluding carboxylic acids is 3. The van der Waals surface area contributed by atoms with Gasteiger partial charge in [0.25, 0.3) is 0 Å². The Balaban J connectivity index is 1.79. The van der Waals surface area contributed by atoms with E-state index >= 15 is 0 Å². The van der Waals surface area contributed by atoms with Gasteiger partial charge in [0.1, 0.15) is 5.78 Å². The van der Waals surface area contributed by atoms with Crippen LogP contribution in [0.4, 0.5) is 0 Å². The topological polar surface area (TPSA) is 79.4 Å². The van der Waals surface area contributed by atoms with Gasteiger partial charge in [0.05, 0.1) is 21.1 Å². The highest BCUT2D eigenvalue weighted by Gasteiger charge is 2.26. The summed E-state index contributed by atoms with van der Waals surface area (Å²) in [5.41, 5.74) is 3.83. The van der Waals surface area contributed by atoms with E-state index in [1.165, 1.54) is 5.56 Å².